The van der Waals surface area contributed by atoms with Gasteiger partial charge in [0, 0.05) is 22.4 Å². The molecule has 0 aliphatic heterocycles. The van der Waals surface area contributed by atoms with Gasteiger partial charge in [0.2, 0.25) is 0 Å². The summed E-state index contributed by atoms with van der Waals surface area (Å²) in [5.74, 6) is -0.506. The van der Waals surface area contributed by atoms with E-state index in [1.54, 1.807) is 18.2 Å². The average molecular weight is 370 g/mol. The summed E-state index contributed by atoms with van der Waals surface area (Å²) < 4.78 is 29.7. The van der Waals surface area contributed by atoms with Crippen molar-refractivity contribution in [1.29, 1.82) is 0 Å². The van der Waals surface area contributed by atoms with Crippen LogP contribution in [-0.4, -0.2) is 23.7 Å². The summed E-state index contributed by atoms with van der Waals surface area (Å²) in [5, 5.41) is 3.73. The molecule has 0 spiro atoms. The number of rotatable bonds is 5. The fourth-order valence-corrected chi connectivity index (χ4v) is 1.92. The van der Waals surface area contributed by atoms with E-state index in [9.17, 15) is 13.6 Å². The standard InChI is InChI=1S/C14H10BrF2N3O2/c15-11-3-4-12(22-14(16)17)10(6-11)8-19-20-13(21)9-2-1-5-18-7-9/h1-8,14H,(H,20,21)/b19-8-. The summed E-state index contributed by atoms with van der Waals surface area (Å²) in [6, 6.07) is 7.66. The van der Waals surface area contributed by atoms with Crippen molar-refractivity contribution in [3.8, 4) is 5.75 Å². The van der Waals surface area contributed by atoms with E-state index in [4.69, 9.17) is 0 Å². The van der Waals surface area contributed by atoms with Crippen molar-refractivity contribution >= 4 is 28.1 Å². The molecule has 1 N–H and O–H groups in total. The zero-order chi connectivity index (χ0) is 15.9. The van der Waals surface area contributed by atoms with Gasteiger partial charge in [0.05, 0.1) is 11.8 Å². The number of nitrogens with one attached hydrogen (secondary N) is 1. The molecule has 22 heavy (non-hydrogen) atoms. The summed E-state index contributed by atoms with van der Waals surface area (Å²) >= 11 is 3.22. The number of amides is 1. The molecule has 2 rings (SSSR count). The second-order valence-electron chi connectivity index (χ2n) is 4.00. The smallest absolute Gasteiger partial charge is 0.387 e. The molecule has 0 aliphatic rings. The third-order valence-electron chi connectivity index (χ3n) is 2.48. The van der Waals surface area contributed by atoms with Gasteiger partial charge in [-0.3, -0.25) is 9.78 Å². The maximum absolute atomic E-state index is 12.3. The van der Waals surface area contributed by atoms with Crippen LogP contribution in [0.15, 0.2) is 52.3 Å². The van der Waals surface area contributed by atoms with Crippen LogP contribution < -0.4 is 10.2 Å². The Morgan fingerprint density at radius 3 is 2.91 bits per heavy atom. The number of alkyl halides is 2. The molecule has 0 atom stereocenters. The molecule has 2 aromatic rings. The van der Waals surface area contributed by atoms with Crippen LogP contribution in [-0.2, 0) is 0 Å². The Morgan fingerprint density at radius 1 is 1.41 bits per heavy atom. The lowest BCUT2D eigenvalue weighted by atomic mass is 10.2. The molecule has 0 bridgehead atoms. The van der Waals surface area contributed by atoms with Gasteiger partial charge in [-0.05, 0) is 30.3 Å². The number of aromatic nitrogens is 1. The third kappa shape index (κ3) is 4.59. The van der Waals surface area contributed by atoms with E-state index in [1.807, 2.05) is 0 Å². The van der Waals surface area contributed by atoms with Gasteiger partial charge < -0.3 is 4.74 Å². The highest BCUT2D eigenvalue weighted by atomic mass is 79.9. The van der Waals surface area contributed by atoms with E-state index in [1.165, 1.54) is 30.7 Å². The molecule has 114 valence electrons. The average Bonchev–Trinajstić information content (AvgIpc) is 2.50. The van der Waals surface area contributed by atoms with E-state index >= 15 is 0 Å². The topological polar surface area (TPSA) is 63.6 Å². The number of hydrazone groups is 1. The van der Waals surface area contributed by atoms with E-state index in [0.29, 0.717) is 15.6 Å². The maximum atomic E-state index is 12.3. The van der Waals surface area contributed by atoms with Crippen molar-refractivity contribution in [2.45, 2.75) is 6.61 Å². The van der Waals surface area contributed by atoms with Gasteiger partial charge in [0.25, 0.3) is 5.91 Å². The number of ether oxygens (including phenoxy) is 1. The maximum Gasteiger partial charge on any atom is 0.387 e. The molecule has 0 saturated heterocycles. The first-order valence-corrected chi connectivity index (χ1v) is 6.83. The molecule has 0 saturated carbocycles. The van der Waals surface area contributed by atoms with Crippen LogP contribution in [0.1, 0.15) is 15.9 Å². The van der Waals surface area contributed by atoms with E-state index < -0.39 is 12.5 Å². The lowest BCUT2D eigenvalue weighted by molar-refractivity contribution is -0.0499. The number of carbonyl (C=O) groups excluding carboxylic acids is 1. The number of carbonyl (C=O) groups is 1. The van der Waals surface area contributed by atoms with E-state index in [2.05, 4.69) is 36.2 Å². The molecular formula is C14H10BrF2N3O2. The minimum atomic E-state index is -2.95. The van der Waals surface area contributed by atoms with Crippen LogP contribution in [0.3, 0.4) is 0 Å². The number of hydrogen-bond donors (Lipinski definition) is 1. The fourth-order valence-electron chi connectivity index (χ4n) is 1.55. The Kier molecular flexibility index (Phi) is 5.54. The highest BCUT2D eigenvalue weighted by Gasteiger charge is 2.09. The van der Waals surface area contributed by atoms with Gasteiger partial charge in [-0.15, -0.1) is 0 Å². The van der Waals surface area contributed by atoms with Crippen molar-refractivity contribution in [3.63, 3.8) is 0 Å². The van der Waals surface area contributed by atoms with Gasteiger partial charge in [-0.1, -0.05) is 15.9 Å². The molecule has 1 aromatic heterocycles. The Morgan fingerprint density at radius 2 is 2.23 bits per heavy atom. The minimum absolute atomic E-state index is 0.0439. The van der Waals surface area contributed by atoms with Crippen LogP contribution in [0.25, 0.3) is 0 Å². The quantitative estimate of drug-likeness (QED) is 0.650. The van der Waals surface area contributed by atoms with Gasteiger partial charge in [-0.25, -0.2) is 5.43 Å². The number of benzene rings is 1. The van der Waals surface area contributed by atoms with Crippen molar-refractivity contribution < 1.29 is 18.3 Å². The van der Waals surface area contributed by atoms with Crippen LogP contribution in [0, 0.1) is 0 Å². The zero-order valence-electron chi connectivity index (χ0n) is 11.0. The normalized spacial score (nSPS) is 10.9. The molecule has 0 aliphatic carbocycles. The summed E-state index contributed by atoms with van der Waals surface area (Å²) in [5.41, 5.74) is 2.90. The van der Waals surface area contributed by atoms with Crippen LogP contribution in [0.4, 0.5) is 8.78 Å². The second kappa shape index (κ2) is 7.60. The lowest BCUT2D eigenvalue weighted by Crippen LogP contribution is -2.17. The predicted octanol–water partition coefficient (Wildman–Crippen LogP) is 3.21. The largest absolute Gasteiger partial charge is 0.434 e. The third-order valence-corrected chi connectivity index (χ3v) is 2.97. The molecule has 0 fully saturated rings. The highest BCUT2D eigenvalue weighted by Crippen LogP contribution is 2.23. The van der Waals surface area contributed by atoms with Crippen LogP contribution in [0.5, 0.6) is 5.75 Å². The lowest BCUT2D eigenvalue weighted by Gasteiger charge is -2.08. The van der Waals surface area contributed by atoms with E-state index in [0.717, 1.165) is 0 Å². The Bertz CT molecular complexity index is 681. The minimum Gasteiger partial charge on any atom is -0.434 e. The van der Waals surface area contributed by atoms with Crippen LogP contribution in [0.2, 0.25) is 0 Å². The SMILES string of the molecule is O=C(N/N=C\c1cc(Br)ccc1OC(F)F)c1cccnc1. The second-order valence-corrected chi connectivity index (χ2v) is 4.92. The predicted molar refractivity (Wildman–Crippen MR) is 80.1 cm³/mol. The molecule has 1 amide bonds. The Balaban J connectivity index is 2.09. The van der Waals surface area contributed by atoms with Gasteiger partial charge in [-0.2, -0.15) is 13.9 Å². The Labute approximate surface area is 133 Å². The molecule has 1 aromatic carbocycles. The van der Waals surface area contributed by atoms with E-state index in [-0.39, 0.29) is 5.75 Å². The molecule has 1 heterocycles. The molecular weight excluding hydrogens is 360 g/mol. The Hall–Kier alpha value is -2.35. The van der Waals surface area contributed by atoms with Gasteiger partial charge in [0.15, 0.2) is 0 Å². The number of pyridine rings is 1. The van der Waals surface area contributed by atoms with Crippen molar-refractivity contribution in [3.05, 3.63) is 58.3 Å². The zero-order valence-corrected chi connectivity index (χ0v) is 12.6. The first-order valence-electron chi connectivity index (χ1n) is 6.04. The van der Waals surface area contributed by atoms with Crippen molar-refractivity contribution in [2.24, 2.45) is 5.10 Å². The molecule has 5 nitrogen and oxygen atoms in total. The number of nitrogens with zero attached hydrogens (tertiary/aromatic N) is 2. The van der Waals surface area contributed by atoms with Gasteiger partial charge in [0.1, 0.15) is 5.75 Å². The van der Waals surface area contributed by atoms with Gasteiger partial charge >= 0.3 is 6.61 Å². The summed E-state index contributed by atoms with van der Waals surface area (Å²) in [7, 11) is 0. The fraction of sp³-hybridized carbons (Fsp3) is 0.0714. The first kappa shape index (κ1) is 16.0. The summed E-state index contributed by atoms with van der Waals surface area (Å²) in [4.78, 5) is 15.5. The monoisotopic (exact) mass is 369 g/mol. The summed E-state index contributed by atoms with van der Waals surface area (Å²) in [6.07, 6.45) is 4.14. The summed E-state index contributed by atoms with van der Waals surface area (Å²) in [6.45, 7) is -2.95. The van der Waals surface area contributed by atoms with Crippen molar-refractivity contribution in [1.82, 2.24) is 10.4 Å². The highest BCUT2D eigenvalue weighted by molar-refractivity contribution is 9.10. The van der Waals surface area contributed by atoms with Crippen molar-refractivity contribution in [2.75, 3.05) is 0 Å². The number of halogens is 3. The molecule has 0 radical (unpaired) electrons. The van der Waals surface area contributed by atoms with Crippen LogP contribution >= 0.6 is 15.9 Å². The molecule has 0 unspecified atom stereocenters. The first-order chi connectivity index (χ1) is 10.6. The molecule has 8 heteroatoms. The number of hydrogen-bond acceptors (Lipinski definition) is 4.